The van der Waals surface area contributed by atoms with Crippen LogP contribution in [-0.2, 0) is 10.2 Å². The van der Waals surface area contributed by atoms with E-state index in [4.69, 9.17) is 4.74 Å². The van der Waals surface area contributed by atoms with Crippen molar-refractivity contribution >= 4 is 22.9 Å². The van der Waals surface area contributed by atoms with Crippen LogP contribution in [0.5, 0.6) is 0 Å². The van der Waals surface area contributed by atoms with Gasteiger partial charge in [-0.15, -0.1) is 0 Å². The molecule has 0 saturated heterocycles. The van der Waals surface area contributed by atoms with Crippen molar-refractivity contribution in [3.05, 3.63) is 11.3 Å². The second kappa shape index (κ2) is 6.50. The number of ether oxygens (including phenoxy) is 1. The molecule has 0 aliphatic heterocycles. The van der Waals surface area contributed by atoms with Gasteiger partial charge in [-0.05, 0) is 24.9 Å². The van der Waals surface area contributed by atoms with Crippen LogP contribution >= 0.6 is 11.5 Å². The van der Waals surface area contributed by atoms with Gasteiger partial charge in [0.15, 0.2) is 11.4 Å². The summed E-state index contributed by atoms with van der Waals surface area (Å²) in [7, 11) is 0. The van der Waals surface area contributed by atoms with E-state index in [2.05, 4.69) is 36.2 Å². The second-order valence-electron chi connectivity index (χ2n) is 4.65. The molecule has 0 fully saturated rings. The Balaban J connectivity index is 3.06. The van der Waals surface area contributed by atoms with Gasteiger partial charge in [0.1, 0.15) is 11.6 Å². The van der Waals surface area contributed by atoms with E-state index in [0.29, 0.717) is 17.2 Å². The number of aliphatic imine (C=N–C) groups is 1. The van der Waals surface area contributed by atoms with Gasteiger partial charge in [-0.3, -0.25) is 0 Å². The summed E-state index contributed by atoms with van der Waals surface area (Å²) in [5.41, 5.74) is 1.34. The van der Waals surface area contributed by atoms with Crippen molar-refractivity contribution < 1.29 is 4.74 Å². The molecule has 1 aromatic heterocycles. The molecule has 98 valence electrons. The number of aromatic nitrogens is 1. The van der Waals surface area contributed by atoms with E-state index in [1.165, 1.54) is 17.9 Å². The maximum absolute atomic E-state index is 9.28. The number of hydrogen-bond donors (Lipinski definition) is 0. The van der Waals surface area contributed by atoms with E-state index >= 15 is 0 Å². The molecule has 0 aliphatic carbocycles. The van der Waals surface area contributed by atoms with Crippen LogP contribution in [0.25, 0.3) is 0 Å². The van der Waals surface area contributed by atoms with Crippen molar-refractivity contribution in [3.8, 4) is 6.07 Å². The molecule has 1 heterocycles. The quantitative estimate of drug-likeness (QED) is 0.581. The third-order valence-electron chi connectivity index (χ3n) is 2.71. The van der Waals surface area contributed by atoms with Crippen molar-refractivity contribution in [1.82, 2.24) is 4.37 Å². The molecule has 5 heteroatoms. The molecule has 0 atom stereocenters. The fourth-order valence-electron chi connectivity index (χ4n) is 1.84. The molecule has 0 unspecified atom stereocenters. The lowest BCUT2D eigenvalue weighted by molar-refractivity contribution is 0.344. The van der Waals surface area contributed by atoms with E-state index < -0.39 is 0 Å². The summed E-state index contributed by atoms with van der Waals surface area (Å²) in [4.78, 5) is 4.15. The maximum Gasteiger partial charge on any atom is 0.175 e. The molecule has 0 radical (unpaired) electrons. The zero-order chi connectivity index (χ0) is 13.6. The van der Waals surface area contributed by atoms with Crippen LogP contribution in [0.2, 0.25) is 0 Å². The number of hydrogen-bond acceptors (Lipinski definition) is 5. The minimum atomic E-state index is -0.0876. The van der Waals surface area contributed by atoms with Gasteiger partial charge >= 0.3 is 0 Å². The van der Waals surface area contributed by atoms with Crippen molar-refractivity contribution in [1.29, 1.82) is 5.26 Å². The van der Waals surface area contributed by atoms with E-state index in [1.807, 2.05) is 6.92 Å². The topological polar surface area (TPSA) is 58.3 Å². The first-order valence-corrected chi connectivity index (χ1v) is 6.88. The van der Waals surface area contributed by atoms with Crippen LogP contribution in [0.1, 0.15) is 51.8 Å². The number of nitriles is 1. The monoisotopic (exact) mass is 265 g/mol. The fourth-order valence-corrected chi connectivity index (χ4v) is 2.68. The van der Waals surface area contributed by atoms with Gasteiger partial charge in [-0.2, -0.15) is 9.64 Å². The Morgan fingerprint density at radius 1 is 1.50 bits per heavy atom. The van der Waals surface area contributed by atoms with Crippen molar-refractivity contribution in [2.45, 2.75) is 46.0 Å². The first-order valence-electron chi connectivity index (χ1n) is 6.11. The lowest BCUT2D eigenvalue weighted by atomic mass is 9.83. The largest absolute Gasteiger partial charge is 0.483 e. The molecule has 0 N–H and O–H groups in total. The molecule has 0 spiro atoms. The van der Waals surface area contributed by atoms with Gasteiger partial charge in [0.05, 0.1) is 12.3 Å². The Kier molecular flexibility index (Phi) is 5.29. The van der Waals surface area contributed by atoms with Crippen LogP contribution in [0.4, 0.5) is 5.00 Å². The second-order valence-corrected chi connectivity index (χ2v) is 5.40. The minimum Gasteiger partial charge on any atom is -0.483 e. The molecule has 0 saturated carbocycles. The average Bonchev–Trinajstić information content (AvgIpc) is 2.73. The summed E-state index contributed by atoms with van der Waals surface area (Å²) in [6.07, 6.45) is 3.44. The van der Waals surface area contributed by atoms with Crippen molar-refractivity contribution in [2.24, 2.45) is 4.99 Å². The molecular formula is C13H19N3OS. The zero-order valence-electron chi connectivity index (χ0n) is 11.4. The highest BCUT2D eigenvalue weighted by Gasteiger charge is 2.28. The summed E-state index contributed by atoms with van der Waals surface area (Å²) < 4.78 is 9.46. The molecule has 1 aromatic rings. The predicted molar refractivity (Wildman–Crippen MR) is 74.5 cm³/mol. The lowest BCUT2D eigenvalue weighted by Crippen LogP contribution is -2.18. The number of nitrogens with zero attached hydrogens (tertiary/aromatic N) is 3. The summed E-state index contributed by atoms with van der Waals surface area (Å²) in [6, 6.07) is 2.21. The van der Waals surface area contributed by atoms with Gasteiger partial charge in [-0.25, -0.2) is 4.99 Å². The Morgan fingerprint density at radius 3 is 2.78 bits per heavy atom. The standard InChI is InChI=1S/C13H19N3OS/c1-5-7-13(3,4)11-10(8-14)12(18-16-11)15-9-17-6-2/h9H,5-7H2,1-4H3/b15-9+. The maximum atomic E-state index is 9.28. The normalized spacial score (nSPS) is 11.7. The first-order chi connectivity index (χ1) is 8.56. The molecule has 0 aromatic carbocycles. The highest BCUT2D eigenvalue weighted by Crippen LogP contribution is 2.36. The van der Waals surface area contributed by atoms with Crippen molar-refractivity contribution in [3.63, 3.8) is 0 Å². The Labute approximate surface area is 112 Å². The molecule has 0 aliphatic rings. The Bertz CT molecular complexity index is 457. The molecule has 18 heavy (non-hydrogen) atoms. The fraction of sp³-hybridized carbons (Fsp3) is 0.615. The van der Waals surface area contributed by atoms with E-state index in [9.17, 15) is 5.26 Å². The highest BCUT2D eigenvalue weighted by atomic mass is 32.1. The van der Waals surface area contributed by atoms with Crippen molar-refractivity contribution in [2.75, 3.05) is 6.61 Å². The van der Waals surface area contributed by atoms with E-state index in [1.54, 1.807) is 0 Å². The first kappa shape index (κ1) is 14.7. The van der Waals surface area contributed by atoms with Crippen LogP contribution < -0.4 is 0 Å². The third kappa shape index (κ3) is 3.30. The van der Waals surface area contributed by atoms with Gasteiger partial charge in [-0.1, -0.05) is 27.2 Å². The SMILES string of the molecule is CCCC(C)(C)c1nsc(/N=C/OCC)c1C#N. The summed E-state index contributed by atoms with van der Waals surface area (Å²) in [5, 5.41) is 9.91. The smallest absolute Gasteiger partial charge is 0.175 e. The van der Waals surface area contributed by atoms with Gasteiger partial charge in [0.25, 0.3) is 0 Å². The molecular weight excluding hydrogens is 246 g/mol. The molecule has 1 rings (SSSR count). The van der Waals surface area contributed by atoms with Gasteiger partial charge in [0, 0.05) is 5.41 Å². The van der Waals surface area contributed by atoms with E-state index in [-0.39, 0.29) is 5.41 Å². The van der Waals surface area contributed by atoms with Gasteiger partial charge in [0.2, 0.25) is 0 Å². The summed E-state index contributed by atoms with van der Waals surface area (Å²) in [5.74, 6) is 0. The van der Waals surface area contributed by atoms with Crippen LogP contribution in [0.15, 0.2) is 4.99 Å². The Hall–Kier alpha value is -1.41. The van der Waals surface area contributed by atoms with E-state index in [0.717, 1.165) is 18.5 Å². The Morgan fingerprint density at radius 2 is 2.22 bits per heavy atom. The molecule has 0 amide bonds. The number of rotatable bonds is 6. The zero-order valence-corrected chi connectivity index (χ0v) is 12.2. The third-order valence-corrected chi connectivity index (χ3v) is 3.47. The predicted octanol–water partition coefficient (Wildman–Crippen LogP) is 3.79. The van der Waals surface area contributed by atoms with Gasteiger partial charge < -0.3 is 4.74 Å². The van der Waals surface area contributed by atoms with Crippen LogP contribution in [-0.4, -0.2) is 17.4 Å². The van der Waals surface area contributed by atoms with Crippen LogP contribution in [0, 0.1) is 11.3 Å². The summed E-state index contributed by atoms with van der Waals surface area (Å²) in [6.45, 7) is 8.82. The minimum absolute atomic E-state index is 0.0876. The molecule has 0 bridgehead atoms. The van der Waals surface area contributed by atoms with Crippen LogP contribution in [0.3, 0.4) is 0 Å². The average molecular weight is 265 g/mol. The lowest BCUT2D eigenvalue weighted by Gasteiger charge is -2.21. The summed E-state index contributed by atoms with van der Waals surface area (Å²) >= 11 is 1.25. The highest BCUT2D eigenvalue weighted by molar-refractivity contribution is 7.10. The molecule has 4 nitrogen and oxygen atoms in total.